The predicted octanol–water partition coefficient (Wildman–Crippen LogP) is 3.27. The van der Waals surface area contributed by atoms with E-state index < -0.39 is 0 Å². The number of piperidine rings is 1. The van der Waals surface area contributed by atoms with Gasteiger partial charge in [0, 0.05) is 37.8 Å². The van der Waals surface area contributed by atoms with Gasteiger partial charge in [-0.05, 0) is 48.6 Å². The summed E-state index contributed by atoms with van der Waals surface area (Å²) < 4.78 is 0. The van der Waals surface area contributed by atoms with Gasteiger partial charge in [0.1, 0.15) is 0 Å². The summed E-state index contributed by atoms with van der Waals surface area (Å²) in [6, 6.07) is 16.3. The van der Waals surface area contributed by atoms with Gasteiger partial charge in [0.2, 0.25) is 0 Å². The molecule has 3 N–H and O–H groups in total. The highest BCUT2D eigenvalue weighted by atomic mass is 35.5. The summed E-state index contributed by atoms with van der Waals surface area (Å²) >= 11 is 0. The number of hydrogen-bond donors (Lipinski definition) is 2. The molecule has 3 rings (SSSR count). The van der Waals surface area contributed by atoms with Crippen LogP contribution in [0.4, 0.5) is 0 Å². The molecule has 5 heteroatoms. The fourth-order valence-corrected chi connectivity index (χ4v) is 3.32. The Kier molecular flexibility index (Phi) is 7.64. The number of amides is 1. The lowest BCUT2D eigenvalue weighted by atomic mass is 10.0. The van der Waals surface area contributed by atoms with Gasteiger partial charge in [0.25, 0.3) is 5.91 Å². The highest BCUT2D eigenvalue weighted by molar-refractivity contribution is 5.94. The van der Waals surface area contributed by atoms with E-state index in [0.29, 0.717) is 12.1 Å². The highest BCUT2D eigenvalue weighted by Gasteiger charge is 2.21. The summed E-state index contributed by atoms with van der Waals surface area (Å²) in [5.41, 5.74) is 10.1. The Balaban J connectivity index is 0.00000243. The first-order valence-corrected chi connectivity index (χ1v) is 9.02. The van der Waals surface area contributed by atoms with Gasteiger partial charge < -0.3 is 11.1 Å². The first-order chi connectivity index (χ1) is 12.2. The predicted molar refractivity (Wildman–Crippen MR) is 109 cm³/mol. The van der Waals surface area contributed by atoms with Crippen LogP contribution in [0, 0.1) is 6.92 Å². The normalized spacial score (nSPS) is 15.3. The van der Waals surface area contributed by atoms with E-state index in [1.165, 1.54) is 11.1 Å². The fourth-order valence-electron chi connectivity index (χ4n) is 3.32. The van der Waals surface area contributed by atoms with Crippen LogP contribution in [0.3, 0.4) is 0 Å². The molecule has 4 nitrogen and oxygen atoms in total. The van der Waals surface area contributed by atoms with Gasteiger partial charge in [0.15, 0.2) is 0 Å². The molecule has 2 aromatic carbocycles. The van der Waals surface area contributed by atoms with Crippen LogP contribution in [0.25, 0.3) is 0 Å². The zero-order valence-corrected chi connectivity index (χ0v) is 16.1. The molecular weight excluding hydrogens is 346 g/mol. The van der Waals surface area contributed by atoms with E-state index in [4.69, 9.17) is 5.73 Å². The molecule has 0 radical (unpaired) electrons. The van der Waals surface area contributed by atoms with Gasteiger partial charge in [0.05, 0.1) is 0 Å². The smallest absolute Gasteiger partial charge is 0.251 e. The van der Waals surface area contributed by atoms with Crippen LogP contribution in [-0.4, -0.2) is 29.9 Å². The number of nitrogens with two attached hydrogens (primary N) is 1. The van der Waals surface area contributed by atoms with Gasteiger partial charge in [-0.1, -0.05) is 36.4 Å². The number of aryl methyl sites for hydroxylation is 1. The van der Waals surface area contributed by atoms with E-state index in [0.717, 1.165) is 38.0 Å². The van der Waals surface area contributed by atoms with E-state index >= 15 is 0 Å². The maximum Gasteiger partial charge on any atom is 0.251 e. The van der Waals surface area contributed by atoms with E-state index in [9.17, 15) is 4.79 Å². The van der Waals surface area contributed by atoms with Crippen LogP contribution in [0.1, 0.15) is 39.9 Å². The minimum absolute atomic E-state index is 0. The number of rotatable bonds is 5. The molecule has 0 spiro atoms. The molecule has 0 aliphatic carbocycles. The number of nitrogens with one attached hydrogen (secondary N) is 1. The second-order valence-corrected chi connectivity index (χ2v) is 6.85. The number of carbonyl (C=O) groups excluding carboxylic acids is 1. The van der Waals surface area contributed by atoms with Crippen molar-refractivity contribution in [3.05, 3.63) is 70.8 Å². The van der Waals surface area contributed by atoms with Gasteiger partial charge in [-0.2, -0.15) is 0 Å². The molecule has 1 fully saturated rings. The average Bonchev–Trinajstić information content (AvgIpc) is 2.65. The van der Waals surface area contributed by atoms with Crippen molar-refractivity contribution >= 4 is 18.3 Å². The Labute approximate surface area is 162 Å². The van der Waals surface area contributed by atoms with E-state index in [1.807, 2.05) is 24.3 Å². The first kappa shape index (κ1) is 20.4. The third kappa shape index (κ3) is 5.31. The Morgan fingerprint density at radius 3 is 2.38 bits per heavy atom. The standard InChI is InChI=1S/C21H27N3O.ClH/c1-16-4-2-3-5-19(16)15-24-12-10-20(11-13-24)23-21(25)18-8-6-17(14-22)7-9-18;/h2-9,20H,10-15,22H2,1H3,(H,23,25);1H. The number of nitrogens with zero attached hydrogens (tertiary/aromatic N) is 1. The van der Waals surface area contributed by atoms with Gasteiger partial charge in [-0.25, -0.2) is 0 Å². The first-order valence-electron chi connectivity index (χ1n) is 9.02. The minimum atomic E-state index is 0. The van der Waals surface area contributed by atoms with Crippen LogP contribution in [0.5, 0.6) is 0 Å². The zero-order valence-electron chi connectivity index (χ0n) is 15.3. The van der Waals surface area contributed by atoms with Crippen molar-refractivity contribution in [2.24, 2.45) is 5.73 Å². The molecule has 0 unspecified atom stereocenters. The van der Waals surface area contributed by atoms with Crippen molar-refractivity contribution in [1.29, 1.82) is 0 Å². The average molecular weight is 374 g/mol. The molecule has 1 aliphatic rings. The molecule has 26 heavy (non-hydrogen) atoms. The second kappa shape index (κ2) is 9.72. The van der Waals surface area contributed by atoms with E-state index in [-0.39, 0.29) is 24.4 Å². The summed E-state index contributed by atoms with van der Waals surface area (Å²) in [5, 5.41) is 3.17. The Morgan fingerprint density at radius 2 is 1.77 bits per heavy atom. The third-order valence-corrected chi connectivity index (χ3v) is 5.03. The molecule has 140 valence electrons. The van der Waals surface area contributed by atoms with Crippen LogP contribution in [0.2, 0.25) is 0 Å². The van der Waals surface area contributed by atoms with Crippen molar-refractivity contribution in [1.82, 2.24) is 10.2 Å². The Morgan fingerprint density at radius 1 is 1.12 bits per heavy atom. The Bertz CT molecular complexity index is 709. The molecule has 2 aromatic rings. The molecule has 1 heterocycles. The van der Waals surface area contributed by atoms with E-state index in [1.54, 1.807) is 0 Å². The third-order valence-electron chi connectivity index (χ3n) is 5.03. The van der Waals surface area contributed by atoms with Crippen molar-refractivity contribution in [2.75, 3.05) is 13.1 Å². The number of hydrogen-bond acceptors (Lipinski definition) is 3. The summed E-state index contributed by atoms with van der Waals surface area (Å²) in [6.45, 7) is 5.70. The molecule has 1 saturated heterocycles. The number of halogens is 1. The van der Waals surface area contributed by atoms with Crippen molar-refractivity contribution in [2.45, 2.75) is 38.9 Å². The van der Waals surface area contributed by atoms with Crippen molar-refractivity contribution in [3.63, 3.8) is 0 Å². The highest BCUT2D eigenvalue weighted by Crippen LogP contribution is 2.16. The number of carbonyl (C=O) groups is 1. The van der Waals surface area contributed by atoms with E-state index in [2.05, 4.69) is 41.4 Å². The largest absolute Gasteiger partial charge is 0.349 e. The van der Waals surface area contributed by atoms with Gasteiger partial charge in [-0.15, -0.1) is 12.4 Å². The summed E-state index contributed by atoms with van der Waals surface area (Å²) in [5.74, 6) is 0.0147. The SMILES string of the molecule is Cc1ccccc1CN1CCC(NC(=O)c2ccc(CN)cc2)CC1.Cl. The lowest BCUT2D eigenvalue weighted by molar-refractivity contribution is 0.0909. The number of likely N-dealkylation sites (tertiary alicyclic amines) is 1. The molecule has 0 aromatic heterocycles. The lowest BCUT2D eigenvalue weighted by Gasteiger charge is -2.32. The monoisotopic (exact) mass is 373 g/mol. The fraction of sp³-hybridized carbons (Fsp3) is 0.381. The summed E-state index contributed by atoms with van der Waals surface area (Å²) in [7, 11) is 0. The summed E-state index contributed by atoms with van der Waals surface area (Å²) in [6.07, 6.45) is 2.00. The van der Waals surface area contributed by atoms with Crippen LogP contribution in [0.15, 0.2) is 48.5 Å². The van der Waals surface area contributed by atoms with Gasteiger partial charge >= 0.3 is 0 Å². The summed E-state index contributed by atoms with van der Waals surface area (Å²) in [4.78, 5) is 14.8. The maximum atomic E-state index is 12.4. The topological polar surface area (TPSA) is 58.4 Å². The molecule has 1 aliphatic heterocycles. The molecule has 1 amide bonds. The maximum absolute atomic E-state index is 12.4. The minimum Gasteiger partial charge on any atom is -0.349 e. The van der Waals surface area contributed by atoms with Gasteiger partial charge in [-0.3, -0.25) is 9.69 Å². The van der Waals surface area contributed by atoms with Crippen molar-refractivity contribution < 1.29 is 4.79 Å². The zero-order chi connectivity index (χ0) is 17.6. The second-order valence-electron chi connectivity index (χ2n) is 6.85. The molecular formula is C21H28ClN3O. The van der Waals surface area contributed by atoms with Crippen molar-refractivity contribution in [3.8, 4) is 0 Å². The number of benzene rings is 2. The lowest BCUT2D eigenvalue weighted by Crippen LogP contribution is -2.44. The molecule has 0 atom stereocenters. The Hall–Kier alpha value is -1.88. The quantitative estimate of drug-likeness (QED) is 0.845. The van der Waals surface area contributed by atoms with Crippen LogP contribution < -0.4 is 11.1 Å². The molecule has 0 saturated carbocycles. The molecule has 0 bridgehead atoms. The van der Waals surface area contributed by atoms with Crippen LogP contribution >= 0.6 is 12.4 Å². The van der Waals surface area contributed by atoms with Crippen LogP contribution in [-0.2, 0) is 13.1 Å².